The molecule has 0 fully saturated rings. The minimum atomic E-state index is -0.0243. The summed E-state index contributed by atoms with van der Waals surface area (Å²) in [6.45, 7) is 23.2. The number of hydrogen-bond acceptors (Lipinski definition) is 3. The van der Waals surface area contributed by atoms with Crippen molar-refractivity contribution in [2.75, 3.05) is 9.62 Å². The van der Waals surface area contributed by atoms with Crippen molar-refractivity contribution in [3.63, 3.8) is 0 Å². The number of nitrogens with zero attached hydrogens (tertiary/aromatic N) is 4. The van der Waals surface area contributed by atoms with Crippen LogP contribution in [-0.2, 0) is 16.2 Å². The number of para-hydroxylation sites is 1. The van der Waals surface area contributed by atoms with Gasteiger partial charge in [-0.2, -0.15) is 0 Å². The number of hydrogen-bond donors (Lipinski definition) is 0. The second kappa shape index (κ2) is 7.53. The average molecular weight is 466 g/mol. The highest BCUT2D eigenvalue weighted by molar-refractivity contribution is 6.69. The van der Waals surface area contributed by atoms with Gasteiger partial charge in [-0.25, -0.2) is 4.98 Å². The van der Waals surface area contributed by atoms with E-state index in [1.54, 1.807) is 0 Å². The molecule has 3 aromatic rings. The Labute approximate surface area is 211 Å². The van der Waals surface area contributed by atoms with Crippen molar-refractivity contribution >= 4 is 18.5 Å². The van der Waals surface area contributed by atoms with Gasteiger partial charge in [0.1, 0.15) is 5.82 Å². The smallest absolute Gasteiger partial charge is 0.350 e. The normalized spacial score (nSPS) is 15.4. The van der Waals surface area contributed by atoms with E-state index in [0.717, 1.165) is 5.82 Å². The molecule has 0 saturated heterocycles. The summed E-state index contributed by atoms with van der Waals surface area (Å²) in [5, 5.41) is 0. The van der Waals surface area contributed by atoms with E-state index in [9.17, 15) is 0 Å². The summed E-state index contributed by atoms with van der Waals surface area (Å²) in [6.07, 6.45) is 8.57. The SMILES string of the molecule is Cc1cccc2c1N1C=CN(c3c(C(C)(C)C)cc(C(C)(C)C)cc3C(C)(C)C)B1n1ccnc1-2. The van der Waals surface area contributed by atoms with Gasteiger partial charge in [0.15, 0.2) is 0 Å². The molecule has 0 spiro atoms. The number of rotatable bonds is 1. The molecule has 3 heterocycles. The van der Waals surface area contributed by atoms with E-state index in [1.807, 2.05) is 6.20 Å². The van der Waals surface area contributed by atoms with Crippen LogP contribution in [0.2, 0.25) is 0 Å². The quantitative estimate of drug-likeness (QED) is 0.349. The lowest BCUT2D eigenvalue weighted by molar-refractivity contribution is 0.550. The molecule has 35 heavy (non-hydrogen) atoms. The number of imidazole rings is 1. The van der Waals surface area contributed by atoms with Crippen LogP contribution in [0.25, 0.3) is 11.4 Å². The fourth-order valence-electron chi connectivity index (χ4n) is 5.46. The zero-order valence-corrected chi connectivity index (χ0v) is 23.1. The van der Waals surface area contributed by atoms with Gasteiger partial charge >= 0.3 is 7.12 Å². The first kappa shape index (κ1) is 23.8. The van der Waals surface area contributed by atoms with Crippen LogP contribution in [0.15, 0.2) is 55.1 Å². The number of aryl methyl sites for hydroxylation is 1. The molecule has 2 aliphatic rings. The summed E-state index contributed by atoms with van der Waals surface area (Å²) < 4.78 is 2.32. The molecule has 182 valence electrons. The summed E-state index contributed by atoms with van der Waals surface area (Å²) in [4.78, 5) is 9.69. The molecule has 0 radical (unpaired) electrons. The Morgan fingerprint density at radius 2 is 1.31 bits per heavy atom. The molecule has 1 aromatic heterocycles. The molecule has 2 aromatic carbocycles. The topological polar surface area (TPSA) is 24.3 Å². The average Bonchev–Trinajstić information content (AvgIpc) is 3.38. The van der Waals surface area contributed by atoms with Crippen LogP contribution in [0.5, 0.6) is 0 Å². The fraction of sp³-hybridized carbons (Fsp3) is 0.433. The van der Waals surface area contributed by atoms with Crippen LogP contribution in [0.3, 0.4) is 0 Å². The largest absolute Gasteiger partial charge is 0.519 e. The highest BCUT2D eigenvalue weighted by atomic mass is 15.4. The van der Waals surface area contributed by atoms with Crippen LogP contribution in [-0.4, -0.2) is 16.6 Å². The summed E-state index contributed by atoms with van der Waals surface area (Å²) in [5.74, 6) is 1.03. The Kier molecular flexibility index (Phi) is 5.11. The van der Waals surface area contributed by atoms with Gasteiger partial charge in [0.2, 0.25) is 0 Å². The summed E-state index contributed by atoms with van der Waals surface area (Å²) >= 11 is 0. The van der Waals surface area contributed by atoms with Gasteiger partial charge in [-0.15, -0.1) is 0 Å². The van der Waals surface area contributed by atoms with Crippen molar-refractivity contribution in [2.45, 2.75) is 85.5 Å². The monoisotopic (exact) mass is 466 g/mol. The summed E-state index contributed by atoms with van der Waals surface area (Å²) in [6, 6.07) is 11.4. The van der Waals surface area contributed by atoms with Crippen molar-refractivity contribution in [3.05, 3.63) is 77.4 Å². The minimum Gasteiger partial charge on any atom is -0.350 e. The second-order valence-corrected chi connectivity index (χ2v) is 13.3. The molecule has 4 nitrogen and oxygen atoms in total. The van der Waals surface area contributed by atoms with Crippen LogP contribution in [0.4, 0.5) is 11.4 Å². The maximum atomic E-state index is 4.80. The van der Waals surface area contributed by atoms with Crippen molar-refractivity contribution in [3.8, 4) is 11.4 Å². The van der Waals surface area contributed by atoms with Crippen LogP contribution in [0.1, 0.15) is 84.6 Å². The summed E-state index contributed by atoms with van der Waals surface area (Å²) in [5.41, 5.74) is 9.23. The fourth-order valence-corrected chi connectivity index (χ4v) is 5.46. The molecule has 5 rings (SSSR count). The number of benzene rings is 2. The molecule has 0 bridgehead atoms. The Morgan fingerprint density at radius 3 is 1.86 bits per heavy atom. The first-order chi connectivity index (χ1) is 16.2. The van der Waals surface area contributed by atoms with Crippen LogP contribution >= 0.6 is 0 Å². The van der Waals surface area contributed by atoms with Gasteiger partial charge in [-0.3, -0.25) is 0 Å². The molecule has 0 unspecified atom stereocenters. The highest BCUT2D eigenvalue weighted by Crippen LogP contribution is 2.47. The van der Waals surface area contributed by atoms with Gasteiger partial charge in [0.25, 0.3) is 0 Å². The minimum absolute atomic E-state index is 0.0158. The molecule has 2 aliphatic heterocycles. The maximum Gasteiger partial charge on any atom is 0.519 e. The zero-order chi connectivity index (χ0) is 25.5. The molecule has 0 aliphatic carbocycles. The molecule has 0 amide bonds. The Bertz CT molecular complexity index is 1290. The summed E-state index contributed by atoms with van der Waals surface area (Å²) in [7, 11) is -0.0243. The van der Waals surface area contributed by atoms with Gasteiger partial charge in [0, 0.05) is 41.7 Å². The predicted molar refractivity (Wildman–Crippen MR) is 150 cm³/mol. The Hall–Kier alpha value is -2.95. The van der Waals surface area contributed by atoms with E-state index in [2.05, 4.69) is 132 Å². The van der Waals surface area contributed by atoms with E-state index in [0.29, 0.717) is 0 Å². The first-order valence-electron chi connectivity index (χ1n) is 12.8. The first-order valence-corrected chi connectivity index (χ1v) is 12.8. The molecular weight excluding hydrogens is 427 g/mol. The number of anilines is 2. The van der Waals surface area contributed by atoms with Gasteiger partial charge in [-0.05, 0) is 51.5 Å². The van der Waals surface area contributed by atoms with Crippen molar-refractivity contribution < 1.29 is 0 Å². The van der Waals surface area contributed by atoms with Crippen molar-refractivity contribution in [1.82, 2.24) is 9.46 Å². The molecule has 0 saturated carbocycles. The third-order valence-corrected chi connectivity index (χ3v) is 7.39. The van der Waals surface area contributed by atoms with Crippen molar-refractivity contribution in [2.24, 2.45) is 0 Å². The Balaban J connectivity index is 1.80. The van der Waals surface area contributed by atoms with E-state index in [1.165, 1.54) is 39.2 Å². The third-order valence-electron chi connectivity index (χ3n) is 7.39. The second-order valence-electron chi connectivity index (χ2n) is 13.3. The van der Waals surface area contributed by atoms with E-state index < -0.39 is 0 Å². The molecular formula is C30H39BN4. The van der Waals surface area contributed by atoms with Gasteiger partial charge in [0.05, 0.1) is 0 Å². The molecule has 0 atom stereocenters. The highest BCUT2D eigenvalue weighted by Gasteiger charge is 2.46. The van der Waals surface area contributed by atoms with E-state index in [-0.39, 0.29) is 23.4 Å². The van der Waals surface area contributed by atoms with Crippen LogP contribution in [0, 0.1) is 6.92 Å². The number of fused-ring (bicyclic) bond motifs is 6. The van der Waals surface area contributed by atoms with Crippen LogP contribution < -0.4 is 9.62 Å². The van der Waals surface area contributed by atoms with Gasteiger partial charge in [-0.1, -0.05) is 86.6 Å². The van der Waals surface area contributed by atoms with E-state index >= 15 is 0 Å². The van der Waals surface area contributed by atoms with Crippen molar-refractivity contribution in [1.29, 1.82) is 0 Å². The third kappa shape index (κ3) is 3.71. The lowest BCUT2D eigenvalue weighted by atomic mass is 9.72. The lowest BCUT2D eigenvalue weighted by Gasteiger charge is -2.40. The Morgan fingerprint density at radius 1 is 0.743 bits per heavy atom. The zero-order valence-electron chi connectivity index (χ0n) is 23.1. The predicted octanol–water partition coefficient (Wildman–Crippen LogP) is 7.40. The molecule has 5 heteroatoms. The maximum absolute atomic E-state index is 4.80. The van der Waals surface area contributed by atoms with Gasteiger partial charge < -0.3 is 14.1 Å². The number of aromatic nitrogens is 2. The standard InChI is InChI=1S/C30H39BN4/c1-20-12-11-13-22-25(20)33-16-17-34(31(33)35-15-14-32-27(22)35)26-23(29(5,6)7)18-21(28(2,3)4)19-24(26)30(8,9)10/h11-19H,1-10H3. The van der Waals surface area contributed by atoms with E-state index in [4.69, 9.17) is 4.98 Å². The lowest BCUT2D eigenvalue weighted by Crippen LogP contribution is -2.53. The molecule has 0 N–H and O–H groups in total.